The maximum Gasteiger partial charge on any atom is 0.253 e. The van der Waals surface area contributed by atoms with Gasteiger partial charge in [0.25, 0.3) is 5.91 Å². The minimum absolute atomic E-state index is 0.282. The first kappa shape index (κ1) is 18.3. The van der Waals surface area contributed by atoms with Crippen molar-refractivity contribution in [2.24, 2.45) is 0 Å². The molecule has 0 saturated carbocycles. The molecule has 0 saturated heterocycles. The van der Waals surface area contributed by atoms with E-state index >= 15 is 0 Å². The Morgan fingerprint density at radius 2 is 1.80 bits per heavy atom. The fraction of sp³-hybridized carbons (Fsp3) is 0.188. The quantitative estimate of drug-likeness (QED) is 0.616. The number of alkyl halides is 2. The van der Waals surface area contributed by atoms with Crippen molar-refractivity contribution in [2.75, 3.05) is 0 Å². The topological polar surface area (TPSA) is 59.8 Å². The van der Waals surface area contributed by atoms with Gasteiger partial charge >= 0.3 is 0 Å². The molecule has 5 nitrogen and oxygen atoms in total. The van der Waals surface area contributed by atoms with E-state index in [4.69, 9.17) is 46.4 Å². The molecule has 3 aromatic rings. The molecule has 0 aliphatic rings. The summed E-state index contributed by atoms with van der Waals surface area (Å²) in [4.78, 5) is 12.6. The predicted molar refractivity (Wildman–Crippen MR) is 101 cm³/mol. The first-order chi connectivity index (χ1) is 11.8. The Labute approximate surface area is 163 Å². The summed E-state index contributed by atoms with van der Waals surface area (Å²) in [5.41, 5.74) is 1.62. The van der Waals surface area contributed by atoms with Gasteiger partial charge in [-0.1, -0.05) is 63.7 Å². The second-order valence-corrected chi connectivity index (χ2v) is 8.15. The minimum atomic E-state index is -1.35. The summed E-state index contributed by atoms with van der Waals surface area (Å²) < 4.78 is 0.119. The minimum Gasteiger partial charge on any atom is -0.328 e. The summed E-state index contributed by atoms with van der Waals surface area (Å²) in [6.45, 7) is 1.56. The molecular formula is C16H12Cl4N4O. The van der Waals surface area contributed by atoms with Gasteiger partial charge < -0.3 is 5.32 Å². The fourth-order valence-corrected chi connectivity index (χ4v) is 3.19. The molecule has 1 atom stereocenters. The highest BCUT2D eigenvalue weighted by Crippen LogP contribution is 2.33. The first-order valence-corrected chi connectivity index (χ1v) is 8.71. The molecule has 25 heavy (non-hydrogen) atoms. The molecule has 1 N–H and O–H groups in total. The zero-order valence-electron chi connectivity index (χ0n) is 12.9. The molecule has 0 bridgehead atoms. The van der Waals surface area contributed by atoms with Gasteiger partial charge in [0, 0.05) is 15.6 Å². The molecule has 3 rings (SSSR count). The summed E-state index contributed by atoms with van der Waals surface area (Å²) in [7, 11) is 0. The van der Waals surface area contributed by atoms with Crippen molar-refractivity contribution in [1.82, 2.24) is 20.3 Å². The van der Waals surface area contributed by atoms with Crippen molar-refractivity contribution < 1.29 is 4.79 Å². The van der Waals surface area contributed by atoms with E-state index in [0.717, 1.165) is 0 Å². The number of carbonyl (C=O) groups excluding carboxylic acids is 1. The molecule has 0 aliphatic heterocycles. The van der Waals surface area contributed by atoms with Crippen LogP contribution < -0.4 is 5.32 Å². The third-order valence-corrected chi connectivity index (χ3v) is 4.34. The first-order valence-electron chi connectivity index (χ1n) is 7.20. The Morgan fingerprint density at radius 1 is 1.16 bits per heavy atom. The molecule has 1 heterocycles. The molecule has 0 spiro atoms. The van der Waals surface area contributed by atoms with Gasteiger partial charge in [-0.25, -0.2) is 4.68 Å². The van der Waals surface area contributed by atoms with Crippen LogP contribution >= 0.6 is 46.4 Å². The second-order valence-electron chi connectivity index (χ2n) is 5.51. The summed E-state index contributed by atoms with van der Waals surface area (Å²) in [5.74, 6) is -0.443. The van der Waals surface area contributed by atoms with Crippen LogP contribution in [-0.2, 0) is 0 Å². The monoisotopic (exact) mass is 416 g/mol. The van der Waals surface area contributed by atoms with E-state index in [2.05, 4.69) is 15.6 Å². The standard InChI is InChI=1S/C16H12Cl4N4O/c1-16(19,20)15(24-13-5-3-2-4-12(13)22-23-24)21-14(25)9-6-10(17)8-11(18)7-9/h2-8,15H,1H3,(H,21,25). The summed E-state index contributed by atoms with van der Waals surface area (Å²) in [6, 6.07) is 11.8. The van der Waals surface area contributed by atoms with Crippen molar-refractivity contribution >= 4 is 63.3 Å². The molecule has 2 aromatic carbocycles. The third kappa shape index (κ3) is 4.01. The Bertz CT molecular complexity index is 915. The van der Waals surface area contributed by atoms with Gasteiger partial charge in [-0.05, 0) is 37.3 Å². The lowest BCUT2D eigenvalue weighted by Crippen LogP contribution is -2.42. The molecule has 0 aliphatic carbocycles. The van der Waals surface area contributed by atoms with E-state index in [9.17, 15) is 4.79 Å². The van der Waals surface area contributed by atoms with E-state index in [1.807, 2.05) is 18.2 Å². The number of amides is 1. The number of rotatable bonds is 4. The number of para-hydroxylation sites is 1. The van der Waals surface area contributed by atoms with Crippen LogP contribution in [0.4, 0.5) is 0 Å². The molecule has 1 aromatic heterocycles. The Morgan fingerprint density at radius 3 is 2.44 bits per heavy atom. The molecule has 130 valence electrons. The summed E-state index contributed by atoms with van der Waals surface area (Å²) >= 11 is 24.5. The molecule has 0 fully saturated rings. The average Bonchev–Trinajstić information content (AvgIpc) is 2.94. The largest absolute Gasteiger partial charge is 0.328 e. The lowest BCUT2D eigenvalue weighted by Gasteiger charge is -2.27. The van der Waals surface area contributed by atoms with Crippen molar-refractivity contribution in [3.8, 4) is 0 Å². The lowest BCUT2D eigenvalue weighted by atomic mass is 10.2. The van der Waals surface area contributed by atoms with Gasteiger partial charge in [0.15, 0.2) is 10.5 Å². The average molecular weight is 418 g/mol. The second kappa shape index (κ2) is 7.00. The van der Waals surface area contributed by atoms with Crippen molar-refractivity contribution in [1.29, 1.82) is 0 Å². The number of hydrogen-bond acceptors (Lipinski definition) is 3. The number of halogens is 4. The van der Waals surface area contributed by atoms with Crippen molar-refractivity contribution in [3.05, 3.63) is 58.1 Å². The molecule has 1 unspecified atom stereocenters. The smallest absolute Gasteiger partial charge is 0.253 e. The Kier molecular flexibility index (Phi) is 5.11. The zero-order chi connectivity index (χ0) is 18.2. The number of fused-ring (bicyclic) bond motifs is 1. The number of aromatic nitrogens is 3. The molecule has 0 radical (unpaired) electrons. The molecule has 9 heteroatoms. The molecular weight excluding hydrogens is 406 g/mol. The van der Waals surface area contributed by atoms with Crippen molar-refractivity contribution in [2.45, 2.75) is 17.4 Å². The highest BCUT2D eigenvalue weighted by molar-refractivity contribution is 6.48. The maximum atomic E-state index is 12.6. The number of nitrogens with one attached hydrogen (secondary N) is 1. The van der Waals surface area contributed by atoms with Gasteiger partial charge in [0.05, 0.1) is 5.52 Å². The van der Waals surface area contributed by atoms with E-state index in [1.54, 1.807) is 13.0 Å². The number of benzene rings is 2. The Hall–Kier alpha value is -1.53. The van der Waals surface area contributed by atoms with Crippen molar-refractivity contribution in [3.63, 3.8) is 0 Å². The van der Waals surface area contributed by atoms with Crippen LogP contribution in [0.25, 0.3) is 11.0 Å². The SMILES string of the molecule is CC(Cl)(Cl)C(NC(=O)c1cc(Cl)cc(Cl)c1)n1nnc2ccccc21. The summed E-state index contributed by atoms with van der Waals surface area (Å²) in [5, 5.41) is 11.6. The van der Waals surface area contributed by atoms with Crippen LogP contribution in [0.2, 0.25) is 10.0 Å². The van der Waals surface area contributed by atoms with E-state index in [1.165, 1.54) is 22.9 Å². The van der Waals surface area contributed by atoms with Crippen LogP contribution in [0.1, 0.15) is 23.4 Å². The highest BCUT2D eigenvalue weighted by atomic mass is 35.5. The zero-order valence-corrected chi connectivity index (χ0v) is 15.9. The van der Waals surface area contributed by atoms with E-state index in [-0.39, 0.29) is 5.56 Å². The van der Waals surface area contributed by atoms with Gasteiger partial charge in [-0.2, -0.15) is 0 Å². The van der Waals surface area contributed by atoms with E-state index < -0.39 is 16.4 Å². The van der Waals surface area contributed by atoms with Gasteiger partial charge in [-0.3, -0.25) is 4.79 Å². The van der Waals surface area contributed by atoms with Crippen LogP contribution in [0.15, 0.2) is 42.5 Å². The predicted octanol–water partition coefficient (Wildman–Crippen LogP) is 4.86. The van der Waals surface area contributed by atoms with Gasteiger partial charge in [0.1, 0.15) is 5.52 Å². The van der Waals surface area contributed by atoms with E-state index in [0.29, 0.717) is 21.1 Å². The molecule has 1 amide bonds. The van der Waals surface area contributed by atoms with Gasteiger partial charge in [0.2, 0.25) is 0 Å². The van der Waals surface area contributed by atoms with Gasteiger partial charge in [-0.15, -0.1) is 5.10 Å². The lowest BCUT2D eigenvalue weighted by molar-refractivity contribution is 0.0911. The number of carbonyl (C=O) groups is 1. The van der Waals surface area contributed by atoms with Crippen LogP contribution in [0.3, 0.4) is 0 Å². The van der Waals surface area contributed by atoms with Crippen LogP contribution in [-0.4, -0.2) is 25.2 Å². The highest BCUT2D eigenvalue weighted by Gasteiger charge is 2.35. The summed E-state index contributed by atoms with van der Waals surface area (Å²) in [6.07, 6.45) is -0.867. The van der Waals surface area contributed by atoms with Crippen LogP contribution in [0.5, 0.6) is 0 Å². The van der Waals surface area contributed by atoms with Crippen LogP contribution in [0, 0.1) is 0 Å². The maximum absolute atomic E-state index is 12.6. The third-order valence-electron chi connectivity index (χ3n) is 3.49. The number of hydrogen-bond donors (Lipinski definition) is 1. The normalized spacial score (nSPS) is 13.0. The Balaban J connectivity index is 1.98. The fourth-order valence-electron chi connectivity index (χ4n) is 2.37. The number of nitrogens with zero attached hydrogens (tertiary/aromatic N) is 3.